The summed E-state index contributed by atoms with van der Waals surface area (Å²) in [7, 11) is 0. The Labute approximate surface area is 167 Å². The first-order valence-corrected chi connectivity index (χ1v) is 10.8. The van der Waals surface area contributed by atoms with E-state index in [-0.39, 0.29) is 6.10 Å². The lowest BCUT2D eigenvalue weighted by molar-refractivity contribution is 0.0346. The monoisotopic (exact) mass is 390 g/mol. The van der Waals surface area contributed by atoms with Gasteiger partial charge in [-0.25, -0.2) is 9.97 Å². The van der Waals surface area contributed by atoms with Gasteiger partial charge >= 0.3 is 0 Å². The molecule has 2 saturated carbocycles. The zero-order valence-electron chi connectivity index (χ0n) is 16.9. The van der Waals surface area contributed by atoms with Gasteiger partial charge in [0, 0.05) is 18.8 Å². The van der Waals surface area contributed by atoms with Gasteiger partial charge < -0.3 is 20.9 Å². The van der Waals surface area contributed by atoms with Crippen LogP contribution in [0.15, 0.2) is 6.20 Å². The molecule has 156 valence electrons. The van der Waals surface area contributed by atoms with Gasteiger partial charge in [-0.05, 0) is 64.2 Å². The highest BCUT2D eigenvalue weighted by Crippen LogP contribution is 2.28. The van der Waals surface area contributed by atoms with Gasteiger partial charge in [-0.15, -0.1) is 0 Å². The molecule has 0 bridgehead atoms. The lowest BCUT2D eigenvalue weighted by Gasteiger charge is -2.29. The molecule has 7 heteroatoms. The van der Waals surface area contributed by atoms with Crippen LogP contribution in [0.3, 0.4) is 0 Å². The summed E-state index contributed by atoms with van der Waals surface area (Å²) < 4.78 is 5.72. The number of hydrogen-bond donors (Lipinski definition) is 3. The maximum atomic E-state index is 11.9. The second-order valence-corrected chi connectivity index (χ2v) is 8.24. The minimum Gasteiger partial charge on any atom is -0.393 e. The number of nitrogens with two attached hydrogens (primary N) is 1. The number of aliphatic hydroxyl groups is 1. The molecular formula is C21H34N4O3. The zero-order valence-corrected chi connectivity index (χ0v) is 16.9. The molecule has 3 rings (SSSR count). The van der Waals surface area contributed by atoms with Gasteiger partial charge in [0.1, 0.15) is 0 Å². The van der Waals surface area contributed by atoms with Crippen molar-refractivity contribution in [2.45, 2.75) is 89.4 Å². The number of primary amides is 1. The fraction of sp³-hybridized carbons (Fsp3) is 0.762. The third kappa shape index (κ3) is 5.88. The molecule has 2 aliphatic carbocycles. The molecule has 0 aromatic carbocycles. The normalized spacial score (nSPS) is 28.5. The number of nitrogens with zero attached hydrogens (tertiary/aromatic N) is 2. The van der Waals surface area contributed by atoms with E-state index in [0.717, 1.165) is 64.4 Å². The van der Waals surface area contributed by atoms with Gasteiger partial charge in [0.2, 0.25) is 5.95 Å². The second kappa shape index (κ2) is 10.2. The number of rotatable bonds is 7. The lowest BCUT2D eigenvalue weighted by Crippen LogP contribution is -2.30. The van der Waals surface area contributed by atoms with Gasteiger partial charge in [-0.2, -0.15) is 0 Å². The average molecular weight is 391 g/mol. The van der Waals surface area contributed by atoms with Crippen LogP contribution in [0.5, 0.6) is 0 Å². The molecule has 2 fully saturated rings. The van der Waals surface area contributed by atoms with Crippen LogP contribution in [-0.4, -0.2) is 45.8 Å². The maximum Gasteiger partial charge on any atom is 0.252 e. The summed E-state index contributed by atoms with van der Waals surface area (Å²) in [5.74, 6) is 0.391. The van der Waals surface area contributed by atoms with Crippen molar-refractivity contribution < 1.29 is 14.6 Å². The second-order valence-electron chi connectivity index (χ2n) is 8.24. The largest absolute Gasteiger partial charge is 0.393 e. The van der Waals surface area contributed by atoms with Gasteiger partial charge in [0.25, 0.3) is 5.91 Å². The van der Waals surface area contributed by atoms with Crippen molar-refractivity contribution in [3.05, 3.63) is 17.5 Å². The standard InChI is InChI=1S/C21H34N4O3/c1-2-28-17-9-7-15(8-10-17)24-21-23-13-18(20(22)27)19(25-21)12-14-5-3-4-6-16(26)11-14/h13-17,26H,2-12H2,1H3,(H2,22,27)(H,23,24,25)/t14-,15?,16+,17?/m1/s1. The van der Waals surface area contributed by atoms with E-state index in [1.165, 1.54) is 0 Å². The van der Waals surface area contributed by atoms with E-state index < -0.39 is 5.91 Å². The molecule has 0 saturated heterocycles. The van der Waals surface area contributed by atoms with Gasteiger partial charge in [0.05, 0.1) is 23.5 Å². The van der Waals surface area contributed by atoms with E-state index in [1.54, 1.807) is 6.20 Å². The summed E-state index contributed by atoms with van der Waals surface area (Å²) >= 11 is 0. The Kier molecular flexibility index (Phi) is 7.62. The highest BCUT2D eigenvalue weighted by atomic mass is 16.5. The topological polar surface area (TPSA) is 110 Å². The quantitative estimate of drug-likeness (QED) is 0.618. The average Bonchev–Trinajstić information content (AvgIpc) is 2.87. The highest BCUT2D eigenvalue weighted by Gasteiger charge is 2.24. The smallest absolute Gasteiger partial charge is 0.252 e. The van der Waals surface area contributed by atoms with E-state index in [2.05, 4.69) is 15.3 Å². The molecule has 1 aromatic heterocycles. The van der Waals surface area contributed by atoms with Crippen molar-refractivity contribution in [3.8, 4) is 0 Å². The summed E-state index contributed by atoms with van der Waals surface area (Å²) in [4.78, 5) is 20.8. The predicted octanol–water partition coefficient (Wildman–Crippen LogP) is 2.82. The van der Waals surface area contributed by atoms with Crippen LogP contribution in [0.1, 0.15) is 80.8 Å². The van der Waals surface area contributed by atoms with Crippen LogP contribution < -0.4 is 11.1 Å². The van der Waals surface area contributed by atoms with Crippen LogP contribution in [-0.2, 0) is 11.2 Å². The summed E-state index contributed by atoms with van der Waals surface area (Å²) in [6.07, 6.45) is 11.3. The highest BCUT2D eigenvalue weighted by molar-refractivity contribution is 5.93. The van der Waals surface area contributed by atoms with Crippen molar-refractivity contribution in [3.63, 3.8) is 0 Å². The van der Waals surface area contributed by atoms with Crippen molar-refractivity contribution in [1.29, 1.82) is 0 Å². The maximum absolute atomic E-state index is 11.9. The molecule has 7 nitrogen and oxygen atoms in total. The first kappa shape index (κ1) is 21.0. The third-order valence-electron chi connectivity index (χ3n) is 6.03. The van der Waals surface area contributed by atoms with Crippen LogP contribution in [0.4, 0.5) is 5.95 Å². The van der Waals surface area contributed by atoms with E-state index in [9.17, 15) is 9.90 Å². The number of aromatic nitrogens is 2. The first-order valence-electron chi connectivity index (χ1n) is 10.8. The first-order chi connectivity index (χ1) is 13.5. The fourth-order valence-electron chi connectivity index (χ4n) is 4.53. The Bertz CT molecular complexity index is 647. The molecule has 4 N–H and O–H groups in total. The minimum atomic E-state index is -0.493. The number of aliphatic hydroxyl groups excluding tert-OH is 1. The number of carbonyl (C=O) groups is 1. The van der Waals surface area contributed by atoms with Crippen LogP contribution >= 0.6 is 0 Å². The summed E-state index contributed by atoms with van der Waals surface area (Å²) in [5, 5.41) is 13.5. The van der Waals surface area contributed by atoms with E-state index in [0.29, 0.717) is 41.7 Å². The molecule has 0 radical (unpaired) electrons. The van der Waals surface area contributed by atoms with E-state index in [1.807, 2.05) is 6.92 Å². The number of carbonyl (C=O) groups excluding carboxylic acids is 1. The van der Waals surface area contributed by atoms with Crippen LogP contribution in [0.25, 0.3) is 0 Å². The Morgan fingerprint density at radius 3 is 2.71 bits per heavy atom. The van der Waals surface area contributed by atoms with Gasteiger partial charge in [0.15, 0.2) is 0 Å². The number of amides is 1. The molecule has 2 atom stereocenters. The Morgan fingerprint density at radius 2 is 2.00 bits per heavy atom. The van der Waals surface area contributed by atoms with Crippen molar-refractivity contribution in [1.82, 2.24) is 9.97 Å². The molecule has 28 heavy (non-hydrogen) atoms. The van der Waals surface area contributed by atoms with Gasteiger partial charge in [-0.3, -0.25) is 4.79 Å². The lowest BCUT2D eigenvalue weighted by atomic mass is 9.92. The molecular weight excluding hydrogens is 356 g/mol. The molecule has 1 heterocycles. The number of ether oxygens (including phenoxy) is 1. The van der Waals surface area contributed by atoms with Crippen molar-refractivity contribution >= 4 is 11.9 Å². The van der Waals surface area contributed by atoms with E-state index in [4.69, 9.17) is 10.5 Å². The molecule has 1 amide bonds. The van der Waals surface area contributed by atoms with E-state index >= 15 is 0 Å². The van der Waals surface area contributed by atoms with Crippen molar-refractivity contribution in [2.75, 3.05) is 11.9 Å². The molecule has 1 aromatic rings. The number of hydrogen-bond acceptors (Lipinski definition) is 6. The summed E-state index contributed by atoms with van der Waals surface area (Å²) in [6.45, 7) is 2.80. The number of nitrogens with one attached hydrogen (secondary N) is 1. The molecule has 0 aliphatic heterocycles. The molecule has 2 aliphatic rings. The Morgan fingerprint density at radius 1 is 1.25 bits per heavy atom. The minimum absolute atomic E-state index is 0.260. The third-order valence-corrected chi connectivity index (χ3v) is 6.03. The Hall–Kier alpha value is -1.73. The Balaban J connectivity index is 1.66. The van der Waals surface area contributed by atoms with Crippen molar-refractivity contribution in [2.24, 2.45) is 11.7 Å². The zero-order chi connectivity index (χ0) is 19.9. The molecule has 0 unspecified atom stereocenters. The fourth-order valence-corrected chi connectivity index (χ4v) is 4.53. The van der Waals surface area contributed by atoms with Crippen LogP contribution in [0.2, 0.25) is 0 Å². The summed E-state index contributed by atoms with van der Waals surface area (Å²) in [5.41, 5.74) is 6.65. The SMILES string of the molecule is CCOC1CCC(Nc2ncc(C(N)=O)c(C[C@@H]3CCCC[C@H](O)C3)n2)CC1. The van der Waals surface area contributed by atoms with Crippen LogP contribution in [0, 0.1) is 5.92 Å². The van der Waals surface area contributed by atoms with Gasteiger partial charge in [-0.1, -0.05) is 12.8 Å². The predicted molar refractivity (Wildman–Crippen MR) is 108 cm³/mol. The molecule has 0 spiro atoms. The summed E-state index contributed by atoms with van der Waals surface area (Å²) in [6, 6.07) is 0.323. The number of anilines is 1.